The summed E-state index contributed by atoms with van der Waals surface area (Å²) in [6, 6.07) is 0. The zero-order chi connectivity index (χ0) is 54.3. The molecule has 0 aliphatic carbocycles. The van der Waals surface area contributed by atoms with Crippen LogP contribution in [0.4, 0.5) is 0 Å². The van der Waals surface area contributed by atoms with Gasteiger partial charge in [0.25, 0.3) is 0 Å². The first-order chi connectivity index (χ1) is 37.0. The van der Waals surface area contributed by atoms with Crippen molar-refractivity contribution in [2.45, 2.75) is 271 Å². The molecule has 424 valence electrons. The average Bonchev–Trinajstić information content (AvgIpc) is 3.41. The van der Waals surface area contributed by atoms with Crippen LogP contribution in [0.25, 0.3) is 0 Å². The highest BCUT2D eigenvalue weighted by Crippen LogP contribution is 2.15. The van der Waals surface area contributed by atoms with Crippen molar-refractivity contribution in [2.75, 3.05) is 13.2 Å². The SMILES string of the molecule is CC/C=C\C/C=C\C/C=C\C/C=C\C/C=C\CCCCCCCC(=O)OC(COC(=O)CCCCCCC/C=C\C/C=C\CCC)COC(=O)CCCCCCCCCCCC/C=C\C/C=C\C/C=C\C/C=C\CC. The van der Waals surface area contributed by atoms with Crippen molar-refractivity contribution < 1.29 is 28.6 Å². The van der Waals surface area contributed by atoms with Gasteiger partial charge in [-0.25, -0.2) is 0 Å². The Morgan fingerprint density at radius 2 is 0.520 bits per heavy atom. The van der Waals surface area contributed by atoms with Gasteiger partial charge in [0.15, 0.2) is 6.10 Å². The van der Waals surface area contributed by atoms with Gasteiger partial charge in [-0.15, -0.1) is 0 Å². The van der Waals surface area contributed by atoms with Gasteiger partial charge >= 0.3 is 17.9 Å². The molecule has 1 atom stereocenters. The van der Waals surface area contributed by atoms with E-state index in [9.17, 15) is 14.4 Å². The maximum Gasteiger partial charge on any atom is 0.306 e. The van der Waals surface area contributed by atoms with E-state index in [4.69, 9.17) is 14.2 Å². The van der Waals surface area contributed by atoms with E-state index in [1.54, 1.807) is 0 Å². The molecular weight excluding hydrogens is 925 g/mol. The third-order valence-electron chi connectivity index (χ3n) is 12.6. The lowest BCUT2D eigenvalue weighted by atomic mass is 10.1. The fourth-order valence-electron chi connectivity index (χ4n) is 8.09. The molecule has 0 rings (SSSR count). The van der Waals surface area contributed by atoms with Gasteiger partial charge in [0.2, 0.25) is 0 Å². The second-order valence-electron chi connectivity index (χ2n) is 19.8. The smallest absolute Gasteiger partial charge is 0.306 e. The summed E-state index contributed by atoms with van der Waals surface area (Å²) in [5, 5.41) is 0. The normalized spacial score (nSPS) is 13.1. The maximum atomic E-state index is 12.9. The highest BCUT2D eigenvalue weighted by Gasteiger charge is 2.19. The molecule has 0 aromatic rings. The van der Waals surface area contributed by atoms with Gasteiger partial charge in [-0.3, -0.25) is 14.4 Å². The second-order valence-corrected chi connectivity index (χ2v) is 19.8. The van der Waals surface area contributed by atoms with Gasteiger partial charge in [0.1, 0.15) is 13.2 Å². The van der Waals surface area contributed by atoms with Crippen LogP contribution in [0.5, 0.6) is 0 Å². The largest absolute Gasteiger partial charge is 0.462 e. The van der Waals surface area contributed by atoms with Crippen molar-refractivity contribution in [3.63, 3.8) is 0 Å². The predicted molar refractivity (Wildman–Crippen MR) is 325 cm³/mol. The van der Waals surface area contributed by atoms with E-state index in [0.717, 1.165) is 167 Å². The third kappa shape index (κ3) is 60.3. The Morgan fingerprint density at radius 1 is 0.280 bits per heavy atom. The van der Waals surface area contributed by atoms with Crippen molar-refractivity contribution >= 4 is 17.9 Å². The predicted octanol–water partition coefficient (Wildman–Crippen LogP) is 21.0. The summed E-state index contributed by atoms with van der Waals surface area (Å²) in [6.07, 6.45) is 87.3. The molecule has 75 heavy (non-hydrogen) atoms. The zero-order valence-corrected chi connectivity index (χ0v) is 48.5. The topological polar surface area (TPSA) is 78.9 Å². The van der Waals surface area contributed by atoms with E-state index in [0.29, 0.717) is 19.3 Å². The Labute approximate surface area is 462 Å². The van der Waals surface area contributed by atoms with Crippen LogP contribution in [0.2, 0.25) is 0 Å². The lowest BCUT2D eigenvalue weighted by Gasteiger charge is -2.18. The molecule has 0 fully saturated rings. The number of allylic oxidation sites excluding steroid dienone is 22. The number of hydrogen-bond donors (Lipinski definition) is 0. The molecule has 0 saturated carbocycles. The Bertz CT molecular complexity index is 1620. The minimum absolute atomic E-state index is 0.0967. The van der Waals surface area contributed by atoms with Crippen molar-refractivity contribution in [3.05, 3.63) is 134 Å². The number of rotatable bonds is 54. The average molecular weight is 1040 g/mol. The number of carbonyl (C=O) groups is 3. The maximum absolute atomic E-state index is 12.9. The summed E-state index contributed by atoms with van der Waals surface area (Å²) in [5.41, 5.74) is 0. The quantitative estimate of drug-likeness (QED) is 0.0261. The van der Waals surface area contributed by atoms with Gasteiger partial charge in [-0.1, -0.05) is 251 Å². The molecule has 0 aliphatic heterocycles. The highest BCUT2D eigenvalue weighted by molar-refractivity contribution is 5.71. The molecule has 0 amide bonds. The van der Waals surface area contributed by atoms with Crippen molar-refractivity contribution in [1.29, 1.82) is 0 Å². The van der Waals surface area contributed by atoms with Crippen LogP contribution in [0.3, 0.4) is 0 Å². The van der Waals surface area contributed by atoms with Crippen LogP contribution in [-0.4, -0.2) is 37.2 Å². The summed E-state index contributed by atoms with van der Waals surface area (Å²) in [7, 11) is 0. The summed E-state index contributed by atoms with van der Waals surface area (Å²) in [4.78, 5) is 38.3. The third-order valence-corrected chi connectivity index (χ3v) is 12.6. The zero-order valence-electron chi connectivity index (χ0n) is 48.5. The fraction of sp³-hybridized carbons (Fsp3) is 0.638. The first-order valence-corrected chi connectivity index (χ1v) is 30.7. The van der Waals surface area contributed by atoms with Gasteiger partial charge in [0, 0.05) is 19.3 Å². The first-order valence-electron chi connectivity index (χ1n) is 30.7. The molecule has 0 heterocycles. The molecule has 0 spiro atoms. The van der Waals surface area contributed by atoms with Gasteiger partial charge in [0.05, 0.1) is 0 Å². The van der Waals surface area contributed by atoms with E-state index in [-0.39, 0.29) is 31.1 Å². The van der Waals surface area contributed by atoms with Crippen molar-refractivity contribution in [1.82, 2.24) is 0 Å². The lowest BCUT2D eigenvalue weighted by molar-refractivity contribution is -0.167. The van der Waals surface area contributed by atoms with E-state index >= 15 is 0 Å². The molecule has 6 nitrogen and oxygen atoms in total. The monoisotopic (exact) mass is 1040 g/mol. The molecule has 0 saturated heterocycles. The van der Waals surface area contributed by atoms with E-state index in [1.807, 2.05) is 0 Å². The van der Waals surface area contributed by atoms with E-state index in [1.165, 1.54) is 57.8 Å². The number of hydrogen-bond acceptors (Lipinski definition) is 6. The van der Waals surface area contributed by atoms with Gasteiger partial charge < -0.3 is 14.2 Å². The lowest BCUT2D eigenvalue weighted by Crippen LogP contribution is -2.30. The van der Waals surface area contributed by atoms with Crippen LogP contribution in [0, 0.1) is 0 Å². The van der Waals surface area contributed by atoms with Crippen LogP contribution < -0.4 is 0 Å². The van der Waals surface area contributed by atoms with Gasteiger partial charge in [-0.2, -0.15) is 0 Å². The number of esters is 3. The van der Waals surface area contributed by atoms with Crippen molar-refractivity contribution in [3.8, 4) is 0 Å². The van der Waals surface area contributed by atoms with Crippen LogP contribution in [0.1, 0.15) is 265 Å². The Hall–Kier alpha value is -4.45. The minimum atomic E-state index is -0.802. The fourth-order valence-corrected chi connectivity index (χ4v) is 8.09. The second kappa shape index (κ2) is 62.1. The number of unbranched alkanes of at least 4 members (excludes halogenated alkanes) is 21. The Balaban J connectivity index is 4.41. The number of ether oxygens (including phenoxy) is 3. The first kappa shape index (κ1) is 70.5. The molecular formula is C69H112O6. The van der Waals surface area contributed by atoms with Crippen LogP contribution in [0.15, 0.2) is 134 Å². The van der Waals surface area contributed by atoms with Crippen LogP contribution >= 0.6 is 0 Å². The minimum Gasteiger partial charge on any atom is -0.462 e. The Morgan fingerprint density at radius 3 is 0.813 bits per heavy atom. The summed E-state index contributed by atoms with van der Waals surface area (Å²) >= 11 is 0. The molecule has 0 aromatic heterocycles. The molecule has 6 heteroatoms. The standard InChI is InChI=1S/C69H112O6/c1-4-7-10-13-16-19-22-25-27-29-31-33-34-36-37-39-41-44-47-50-53-56-59-62-68(71)74-65-66(64-73-67(70)61-58-55-52-49-46-43-24-21-18-15-12-9-6-3)75-69(72)63-60-57-54-51-48-45-42-40-38-35-32-30-28-26-23-20-17-14-11-8-5-2/h7-8,10-12,15-17,19-21,24-28,31-33,35,40,42,66H,4-6,9,13-14,18,22-23,29-30,34,36-39,41,43-65H2,1-3H3/b10-7-,11-8-,15-12-,19-16-,20-17-,24-21-,27-25-,28-26-,33-31-,35-32-,42-40-. The van der Waals surface area contributed by atoms with Crippen LogP contribution in [-0.2, 0) is 28.6 Å². The van der Waals surface area contributed by atoms with E-state index in [2.05, 4.69) is 154 Å². The summed E-state index contributed by atoms with van der Waals surface area (Å²) < 4.78 is 16.9. The molecule has 0 bridgehead atoms. The van der Waals surface area contributed by atoms with Gasteiger partial charge in [-0.05, 0) is 128 Å². The Kier molecular flexibility index (Phi) is 58.4. The highest BCUT2D eigenvalue weighted by atomic mass is 16.6. The molecule has 0 N–H and O–H groups in total. The van der Waals surface area contributed by atoms with E-state index < -0.39 is 6.10 Å². The molecule has 0 aromatic carbocycles. The molecule has 1 unspecified atom stereocenters. The van der Waals surface area contributed by atoms with Crippen molar-refractivity contribution in [2.24, 2.45) is 0 Å². The summed E-state index contributed by atoms with van der Waals surface area (Å²) in [5.74, 6) is -0.934. The number of carbonyl (C=O) groups excluding carboxylic acids is 3. The summed E-state index contributed by atoms with van der Waals surface area (Å²) in [6.45, 7) is 6.32. The molecule has 0 aliphatic rings. The molecule has 0 radical (unpaired) electrons.